The smallest absolute Gasteiger partial charge is 0.322 e. The zero-order chi connectivity index (χ0) is 14.1. The van der Waals surface area contributed by atoms with Crippen molar-refractivity contribution in [3.05, 3.63) is 12.2 Å². The molecule has 0 bridgehead atoms. The normalized spacial score (nSPS) is 24.9. The second-order valence-electron chi connectivity index (χ2n) is 5.91. The molecule has 0 saturated carbocycles. The molecule has 1 aliphatic rings. The van der Waals surface area contributed by atoms with E-state index in [9.17, 15) is 4.79 Å². The van der Waals surface area contributed by atoms with Crippen molar-refractivity contribution >= 4 is 21.9 Å². The van der Waals surface area contributed by atoms with E-state index in [0.29, 0.717) is 0 Å². The number of hydrogen-bond donors (Lipinski definition) is 0. The van der Waals surface area contributed by atoms with Crippen molar-refractivity contribution < 1.29 is 9.53 Å². The van der Waals surface area contributed by atoms with E-state index in [2.05, 4.69) is 28.1 Å². The Kier molecular flexibility index (Phi) is 7.74. The van der Waals surface area contributed by atoms with Gasteiger partial charge in [-0.3, -0.25) is 4.79 Å². The van der Waals surface area contributed by atoms with Crippen molar-refractivity contribution in [3.8, 4) is 0 Å². The molecule has 0 aromatic heterocycles. The van der Waals surface area contributed by atoms with Gasteiger partial charge in [0.15, 0.2) is 0 Å². The lowest BCUT2D eigenvalue weighted by Crippen LogP contribution is -2.30. The van der Waals surface area contributed by atoms with Crippen LogP contribution < -0.4 is 0 Å². The molecule has 0 fully saturated rings. The first kappa shape index (κ1) is 16.7. The van der Waals surface area contributed by atoms with Crippen LogP contribution in [0.25, 0.3) is 0 Å². The fourth-order valence-corrected chi connectivity index (χ4v) is 2.32. The van der Waals surface area contributed by atoms with Crippen LogP contribution in [-0.2, 0) is 9.53 Å². The molecule has 0 aromatic carbocycles. The number of halogens is 1. The minimum Gasteiger partial charge on any atom is -0.461 e. The summed E-state index contributed by atoms with van der Waals surface area (Å²) in [7, 11) is 0. The number of allylic oxidation sites excluding steroid dienone is 1. The van der Waals surface area contributed by atoms with Crippen LogP contribution in [0.3, 0.4) is 0 Å². The number of rotatable bonds is 2. The average Bonchev–Trinajstić information content (AvgIpc) is 2.31. The number of esters is 1. The summed E-state index contributed by atoms with van der Waals surface area (Å²) >= 11 is 3.36. The number of alkyl halides is 1. The summed E-state index contributed by atoms with van der Waals surface area (Å²) in [5, 5.41) is 0. The Hall–Kier alpha value is -0.310. The van der Waals surface area contributed by atoms with Crippen LogP contribution in [0.2, 0.25) is 0 Å². The van der Waals surface area contributed by atoms with Gasteiger partial charge < -0.3 is 4.74 Å². The molecule has 2 nitrogen and oxygen atoms in total. The number of ether oxygens (including phenoxy) is 1. The van der Waals surface area contributed by atoms with Gasteiger partial charge in [-0.15, -0.1) is 0 Å². The molecular weight excluding hydrogens is 304 g/mol. The molecule has 110 valence electrons. The number of carbonyl (C=O) groups excluding carboxylic acids is 1. The lowest BCUT2D eigenvalue weighted by Gasteiger charge is -2.22. The molecule has 0 aromatic rings. The maximum atomic E-state index is 11.9. The molecule has 0 radical (unpaired) electrons. The first-order chi connectivity index (χ1) is 9.00. The molecule has 3 heteroatoms. The van der Waals surface area contributed by atoms with Crippen LogP contribution in [0.4, 0.5) is 0 Å². The fourth-order valence-electron chi connectivity index (χ4n) is 2.22. The summed E-state index contributed by atoms with van der Waals surface area (Å²) in [5.74, 6) is -0.155. The second-order valence-corrected chi connectivity index (χ2v) is 7.89. The van der Waals surface area contributed by atoms with E-state index >= 15 is 0 Å². The van der Waals surface area contributed by atoms with Gasteiger partial charge in [0.2, 0.25) is 0 Å². The van der Waals surface area contributed by atoms with Gasteiger partial charge in [-0.05, 0) is 39.5 Å². The Morgan fingerprint density at radius 1 is 1.11 bits per heavy atom. The van der Waals surface area contributed by atoms with Gasteiger partial charge in [0, 0.05) is 6.42 Å². The lowest BCUT2D eigenvalue weighted by atomic mass is 10.0. The Labute approximate surface area is 126 Å². The van der Waals surface area contributed by atoms with E-state index < -0.39 is 4.32 Å². The van der Waals surface area contributed by atoms with E-state index in [1.807, 2.05) is 13.8 Å². The minimum atomic E-state index is -0.583. The Balaban J connectivity index is 2.48. The van der Waals surface area contributed by atoms with Crippen LogP contribution in [0.15, 0.2) is 12.2 Å². The quantitative estimate of drug-likeness (QED) is 0.397. The predicted octanol–water partition coefficient (Wildman–Crippen LogP) is 5.15. The van der Waals surface area contributed by atoms with Gasteiger partial charge in [-0.25, -0.2) is 0 Å². The highest BCUT2D eigenvalue weighted by Gasteiger charge is 2.27. The molecule has 0 aliphatic heterocycles. The molecule has 19 heavy (non-hydrogen) atoms. The molecule has 1 atom stereocenters. The number of carbonyl (C=O) groups is 1. The van der Waals surface area contributed by atoms with Crippen LogP contribution in [0, 0.1) is 0 Å². The standard InChI is InChI=1S/C16H27BrO2/c1-16(2,17)15(18)19-14-12-10-8-6-4-3-5-7-9-11-13-14/h8,10,14H,3-7,9,11-13H2,1-2H3/b10-8-. The van der Waals surface area contributed by atoms with Crippen LogP contribution >= 0.6 is 15.9 Å². The summed E-state index contributed by atoms with van der Waals surface area (Å²) in [4.78, 5) is 11.9. The minimum absolute atomic E-state index is 0.0417. The first-order valence-electron chi connectivity index (χ1n) is 7.55. The highest BCUT2D eigenvalue weighted by atomic mass is 79.9. The topological polar surface area (TPSA) is 26.3 Å². The van der Waals surface area contributed by atoms with Gasteiger partial charge >= 0.3 is 5.97 Å². The lowest BCUT2D eigenvalue weighted by molar-refractivity contribution is -0.151. The van der Waals surface area contributed by atoms with E-state index in [1.165, 1.54) is 32.1 Å². The molecule has 0 saturated heterocycles. The molecule has 1 aliphatic carbocycles. The van der Waals surface area contributed by atoms with Crippen molar-refractivity contribution in [2.24, 2.45) is 0 Å². The predicted molar refractivity (Wildman–Crippen MR) is 83.6 cm³/mol. The third-order valence-electron chi connectivity index (χ3n) is 3.47. The van der Waals surface area contributed by atoms with E-state index in [4.69, 9.17) is 4.74 Å². The number of hydrogen-bond acceptors (Lipinski definition) is 2. The fraction of sp³-hybridized carbons (Fsp3) is 0.812. The maximum absolute atomic E-state index is 11.9. The van der Waals surface area contributed by atoms with Gasteiger partial charge in [-0.2, -0.15) is 0 Å². The van der Waals surface area contributed by atoms with E-state index in [1.54, 1.807) is 0 Å². The largest absolute Gasteiger partial charge is 0.461 e. The van der Waals surface area contributed by atoms with Crippen molar-refractivity contribution in [2.75, 3.05) is 0 Å². The van der Waals surface area contributed by atoms with Crippen LogP contribution in [-0.4, -0.2) is 16.4 Å². The third kappa shape index (κ3) is 7.76. The summed E-state index contributed by atoms with van der Waals surface area (Å²) in [6.07, 6.45) is 15.2. The molecule has 1 unspecified atom stereocenters. The molecule has 0 amide bonds. The van der Waals surface area contributed by atoms with Crippen LogP contribution in [0.5, 0.6) is 0 Å². The highest BCUT2D eigenvalue weighted by molar-refractivity contribution is 9.10. The van der Waals surface area contributed by atoms with Gasteiger partial charge in [0.05, 0.1) is 0 Å². The first-order valence-corrected chi connectivity index (χ1v) is 8.34. The van der Waals surface area contributed by atoms with Crippen LogP contribution in [0.1, 0.15) is 71.6 Å². The molecule has 0 N–H and O–H groups in total. The van der Waals surface area contributed by atoms with Gasteiger partial charge in [-0.1, -0.05) is 53.8 Å². The summed E-state index contributed by atoms with van der Waals surface area (Å²) in [6, 6.07) is 0. The Morgan fingerprint density at radius 3 is 2.42 bits per heavy atom. The monoisotopic (exact) mass is 330 g/mol. The van der Waals surface area contributed by atoms with Gasteiger partial charge in [0.25, 0.3) is 0 Å². The summed E-state index contributed by atoms with van der Waals surface area (Å²) in [5.41, 5.74) is 0. The van der Waals surface area contributed by atoms with Gasteiger partial charge in [0.1, 0.15) is 10.4 Å². The third-order valence-corrected chi connectivity index (χ3v) is 3.80. The molecular formula is C16H27BrO2. The van der Waals surface area contributed by atoms with E-state index in [-0.39, 0.29) is 12.1 Å². The Bertz CT molecular complexity index is 292. The highest BCUT2D eigenvalue weighted by Crippen LogP contribution is 2.22. The molecule has 0 heterocycles. The van der Waals surface area contributed by atoms with Crippen molar-refractivity contribution in [1.29, 1.82) is 0 Å². The SMILES string of the molecule is CC(C)(Br)C(=O)OC1C/C=C\CCCCCCCC1. The van der Waals surface area contributed by atoms with Crippen molar-refractivity contribution in [2.45, 2.75) is 82.1 Å². The summed E-state index contributed by atoms with van der Waals surface area (Å²) in [6.45, 7) is 3.67. The average molecular weight is 331 g/mol. The zero-order valence-corrected chi connectivity index (χ0v) is 13.9. The van der Waals surface area contributed by atoms with E-state index in [0.717, 1.165) is 25.7 Å². The summed E-state index contributed by atoms with van der Waals surface area (Å²) < 4.78 is 5.04. The zero-order valence-electron chi connectivity index (χ0n) is 12.3. The Morgan fingerprint density at radius 2 is 1.74 bits per heavy atom. The molecule has 0 spiro atoms. The van der Waals surface area contributed by atoms with Crippen molar-refractivity contribution in [1.82, 2.24) is 0 Å². The molecule has 1 rings (SSSR count). The second kappa shape index (κ2) is 8.78. The maximum Gasteiger partial charge on any atom is 0.322 e. The van der Waals surface area contributed by atoms with Crippen molar-refractivity contribution in [3.63, 3.8) is 0 Å².